The molecule has 2 aliphatic rings. The highest BCUT2D eigenvalue weighted by atomic mass is 16.5. The summed E-state index contributed by atoms with van der Waals surface area (Å²) in [6.45, 7) is 5.63. The van der Waals surface area contributed by atoms with Gasteiger partial charge in [-0.2, -0.15) is 0 Å². The number of esters is 1. The molecule has 1 unspecified atom stereocenters. The first-order chi connectivity index (χ1) is 11.2. The molecule has 2 aliphatic heterocycles. The van der Waals surface area contributed by atoms with Crippen LogP contribution in [0.15, 0.2) is 4.99 Å². The van der Waals surface area contributed by atoms with Crippen LogP contribution >= 0.6 is 0 Å². The van der Waals surface area contributed by atoms with Crippen LogP contribution in [-0.2, 0) is 14.3 Å². The van der Waals surface area contributed by atoms with E-state index in [2.05, 4.69) is 10.3 Å². The molecular weight excluding hydrogens is 296 g/mol. The maximum Gasteiger partial charge on any atom is 0.310 e. The van der Waals surface area contributed by atoms with E-state index in [9.17, 15) is 9.59 Å². The Balaban J connectivity index is 1.84. The summed E-state index contributed by atoms with van der Waals surface area (Å²) in [4.78, 5) is 32.2. The minimum absolute atomic E-state index is 0.114. The Labute approximate surface area is 138 Å². The van der Waals surface area contributed by atoms with Gasteiger partial charge < -0.3 is 19.9 Å². The lowest BCUT2D eigenvalue weighted by molar-refractivity contribution is -0.149. The molecule has 7 heteroatoms. The monoisotopic (exact) mass is 324 g/mol. The SMILES string of the molecule is CCOC(=O)C1CCCN(C(=NC)NCC(=O)N2CCCC2)C1. The van der Waals surface area contributed by atoms with Crippen molar-refractivity contribution in [2.45, 2.75) is 32.6 Å². The van der Waals surface area contributed by atoms with Crippen LogP contribution in [0.1, 0.15) is 32.6 Å². The van der Waals surface area contributed by atoms with Gasteiger partial charge >= 0.3 is 5.97 Å². The molecule has 0 spiro atoms. The number of carbonyl (C=O) groups is 2. The fourth-order valence-electron chi connectivity index (χ4n) is 3.19. The van der Waals surface area contributed by atoms with Crippen molar-refractivity contribution < 1.29 is 14.3 Å². The molecule has 1 amide bonds. The molecular formula is C16H28N4O3. The van der Waals surface area contributed by atoms with Crippen LogP contribution in [0.5, 0.6) is 0 Å². The topological polar surface area (TPSA) is 74.2 Å². The van der Waals surface area contributed by atoms with E-state index < -0.39 is 0 Å². The Morgan fingerprint density at radius 2 is 1.87 bits per heavy atom. The molecule has 0 saturated carbocycles. The normalized spacial score (nSPS) is 22.2. The molecule has 0 aliphatic carbocycles. The Kier molecular flexibility index (Phi) is 6.67. The van der Waals surface area contributed by atoms with Gasteiger partial charge in [0.2, 0.25) is 5.91 Å². The van der Waals surface area contributed by atoms with Gasteiger partial charge in [0.05, 0.1) is 19.1 Å². The Morgan fingerprint density at radius 3 is 2.52 bits per heavy atom. The summed E-state index contributed by atoms with van der Waals surface area (Å²) in [6, 6.07) is 0. The highest BCUT2D eigenvalue weighted by Gasteiger charge is 2.28. The van der Waals surface area contributed by atoms with Gasteiger partial charge in [0.15, 0.2) is 5.96 Å². The van der Waals surface area contributed by atoms with Crippen molar-refractivity contribution in [1.82, 2.24) is 15.1 Å². The smallest absolute Gasteiger partial charge is 0.310 e. The van der Waals surface area contributed by atoms with Crippen molar-refractivity contribution in [3.8, 4) is 0 Å². The van der Waals surface area contributed by atoms with Gasteiger partial charge in [0.25, 0.3) is 0 Å². The molecule has 2 heterocycles. The highest BCUT2D eigenvalue weighted by molar-refractivity contribution is 5.87. The molecule has 2 fully saturated rings. The number of ether oxygens (including phenoxy) is 1. The van der Waals surface area contributed by atoms with E-state index in [0.29, 0.717) is 19.1 Å². The minimum Gasteiger partial charge on any atom is -0.466 e. The number of hydrogen-bond acceptors (Lipinski definition) is 4. The average Bonchev–Trinajstić information content (AvgIpc) is 3.10. The zero-order valence-corrected chi connectivity index (χ0v) is 14.2. The third-order valence-electron chi connectivity index (χ3n) is 4.41. The quantitative estimate of drug-likeness (QED) is 0.462. The molecule has 0 bridgehead atoms. The molecule has 1 atom stereocenters. The molecule has 0 aromatic rings. The molecule has 2 rings (SSSR count). The van der Waals surface area contributed by atoms with Gasteiger partial charge in [-0.05, 0) is 32.6 Å². The second-order valence-corrected chi connectivity index (χ2v) is 6.03. The molecule has 0 aromatic heterocycles. The van der Waals surface area contributed by atoms with Crippen LogP contribution in [-0.4, -0.2) is 74.0 Å². The highest BCUT2D eigenvalue weighted by Crippen LogP contribution is 2.18. The molecule has 1 N–H and O–H groups in total. The fraction of sp³-hybridized carbons (Fsp3) is 0.812. The fourth-order valence-corrected chi connectivity index (χ4v) is 3.19. The third-order valence-corrected chi connectivity index (χ3v) is 4.41. The van der Waals surface area contributed by atoms with Crippen LogP contribution in [0.4, 0.5) is 0 Å². The van der Waals surface area contributed by atoms with Crippen LogP contribution in [0.25, 0.3) is 0 Å². The van der Waals surface area contributed by atoms with Gasteiger partial charge in [-0.25, -0.2) is 0 Å². The first-order valence-corrected chi connectivity index (χ1v) is 8.55. The number of piperidine rings is 1. The maximum atomic E-state index is 12.1. The largest absolute Gasteiger partial charge is 0.466 e. The van der Waals surface area contributed by atoms with Crippen LogP contribution in [0, 0.1) is 5.92 Å². The molecule has 130 valence electrons. The molecule has 0 aromatic carbocycles. The van der Waals surface area contributed by atoms with Gasteiger partial charge in [0, 0.05) is 33.2 Å². The molecule has 2 saturated heterocycles. The van der Waals surface area contributed by atoms with E-state index in [4.69, 9.17) is 4.74 Å². The van der Waals surface area contributed by atoms with Gasteiger partial charge in [-0.3, -0.25) is 14.6 Å². The standard InChI is InChI=1S/C16H28N4O3/c1-3-23-15(22)13-7-6-10-20(12-13)16(17-2)18-11-14(21)19-8-4-5-9-19/h13H,3-12H2,1-2H3,(H,17,18). The van der Waals surface area contributed by atoms with E-state index in [1.54, 1.807) is 7.05 Å². The number of hydrogen-bond donors (Lipinski definition) is 1. The third kappa shape index (κ3) is 4.84. The van der Waals surface area contributed by atoms with E-state index >= 15 is 0 Å². The number of guanidine groups is 1. The summed E-state index contributed by atoms with van der Waals surface area (Å²) in [5.74, 6) is 0.548. The summed E-state index contributed by atoms with van der Waals surface area (Å²) >= 11 is 0. The van der Waals surface area contributed by atoms with Crippen LogP contribution in [0.2, 0.25) is 0 Å². The predicted octanol–water partition coefficient (Wildman–Crippen LogP) is 0.459. The van der Waals surface area contributed by atoms with Crippen molar-refractivity contribution in [2.75, 3.05) is 46.4 Å². The van der Waals surface area contributed by atoms with Crippen molar-refractivity contribution in [1.29, 1.82) is 0 Å². The van der Waals surface area contributed by atoms with Crippen LogP contribution in [0.3, 0.4) is 0 Å². The number of aliphatic imine (C=N–C) groups is 1. The minimum atomic E-state index is -0.138. The maximum absolute atomic E-state index is 12.1. The van der Waals surface area contributed by atoms with Gasteiger partial charge in [0.1, 0.15) is 0 Å². The van der Waals surface area contributed by atoms with Crippen molar-refractivity contribution in [3.63, 3.8) is 0 Å². The Bertz CT molecular complexity index is 447. The van der Waals surface area contributed by atoms with Crippen LogP contribution < -0.4 is 5.32 Å². The number of nitrogens with zero attached hydrogens (tertiary/aromatic N) is 3. The first-order valence-electron chi connectivity index (χ1n) is 8.55. The van der Waals surface area contributed by atoms with Crippen molar-refractivity contribution in [3.05, 3.63) is 0 Å². The van der Waals surface area contributed by atoms with E-state index in [-0.39, 0.29) is 24.3 Å². The number of carbonyl (C=O) groups excluding carboxylic acids is 2. The summed E-state index contributed by atoms with van der Waals surface area (Å²) in [7, 11) is 1.71. The second-order valence-electron chi connectivity index (χ2n) is 6.03. The number of nitrogens with one attached hydrogen (secondary N) is 1. The van der Waals surface area contributed by atoms with Gasteiger partial charge in [-0.1, -0.05) is 0 Å². The lowest BCUT2D eigenvalue weighted by atomic mass is 9.98. The Hall–Kier alpha value is -1.79. The Morgan fingerprint density at radius 1 is 1.17 bits per heavy atom. The van der Waals surface area contributed by atoms with E-state index in [1.165, 1.54) is 0 Å². The number of rotatable bonds is 4. The lowest BCUT2D eigenvalue weighted by Crippen LogP contribution is -2.50. The summed E-state index contributed by atoms with van der Waals surface area (Å²) in [6.07, 6.45) is 3.95. The summed E-state index contributed by atoms with van der Waals surface area (Å²) < 4.78 is 5.12. The molecule has 23 heavy (non-hydrogen) atoms. The zero-order chi connectivity index (χ0) is 16.7. The number of likely N-dealkylation sites (tertiary alicyclic amines) is 2. The summed E-state index contributed by atoms with van der Waals surface area (Å²) in [5, 5.41) is 3.14. The van der Waals surface area contributed by atoms with Crippen molar-refractivity contribution >= 4 is 17.8 Å². The molecule has 0 radical (unpaired) electrons. The molecule has 7 nitrogen and oxygen atoms in total. The van der Waals surface area contributed by atoms with E-state index in [1.807, 2.05) is 16.7 Å². The zero-order valence-electron chi connectivity index (χ0n) is 14.2. The van der Waals surface area contributed by atoms with E-state index in [0.717, 1.165) is 45.3 Å². The second kappa shape index (κ2) is 8.74. The lowest BCUT2D eigenvalue weighted by Gasteiger charge is -2.34. The number of amides is 1. The van der Waals surface area contributed by atoms with Crippen molar-refractivity contribution in [2.24, 2.45) is 10.9 Å². The van der Waals surface area contributed by atoms with Gasteiger partial charge in [-0.15, -0.1) is 0 Å². The first kappa shape index (κ1) is 17.6. The average molecular weight is 324 g/mol. The predicted molar refractivity (Wildman–Crippen MR) is 88.1 cm³/mol. The summed E-state index contributed by atoms with van der Waals surface area (Å²) in [5.41, 5.74) is 0.